The van der Waals surface area contributed by atoms with E-state index in [1.54, 1.807) is 0 Å². The highest BCUT2D eigenvalue weighted by Gasteiger charge is 2.25. The molecule has 1 aliphatic rings. The Hall–Kier alpha value is -1.76. The zero-order valence-electron chi connectivity index (χ0n) is 8.24. The van der Waals surface area contributed by atoms with Gasteiger partial charge in [-0.3, -0.25) is 0 Å². The second-order valence-corrected chi connectivity index (χ2v) is 3.26. The average Bonchev–Trinajstić information content (AvgIpc) is 2.52. The van der Waals surface area contributed by atoms with Crippen LogP contribution in [0, 0.1) is 0 Å². The Morgan fingerprint density at radius 1 is 1.73 bits per heavy atom. The molecule has 0 spiro atoms. The van der Waals surface area contributed by atoms with Crippen molar-refractivity contribution in [3.05, 3.63) is 5.56 Å². The highest BCUT2D eigenvalue weighted by Crippen LogP contribution is 2.23. The largest absolute Gasteiger partial charge is 0.465 e. The average molecular weight is 212 g/mol. The van der Waals surface area contributed by atoms with Crippen LogP contribution in [0.3, 0.4) is 0 Å². The molecule has 1 aromatic rings. The summed E-state index contributed by atoms with van der Waals surface area (Å²) in [4.78, 5) is 11.3. The molecule has 2 heterocycles. The van der Waals surface area contributed by atoms with E-state index >= 15 is 0 Å². The van der Waals surface area contributed by atoms with E-state index < -0.39 is 5.97 Å². The molecule has 1 aromatic heterocycles. The summed E-state index contributed by atoms with van der Waals surface area (Å²) in [6.07, 6.45) is 0. The van der Waals surface area contributed by atoms with Crippen molar-refractivity contribution in [3.63, 3.8) is 0 Å². The van der Waals surface area contributed by atoms with Gasteiger partial charge in [-0.25, -0.2) is 4.79 Å². The van der Waals surface area contributed by atoms with Crippen LogP contribution in [0.25, 0.3) is 0 Å². The summed E-state index contributed by atoms with van der Waals surface area (Å²) in [5.41, 5.74) is 5.62. The van der Waals surface area contributed by atoms with Crippen molar-refractivity contribution >= 4 is 17.7 Å². The van der Waals surface area contributed by atoms with Gasteiger partial charge in [-0.05, 0) is 0 Å². The minimum atomic E-state index is -0.552. The second kappa shape index (κ2) is 3.77. The molecule has 15 heavy (non-hydrogen) atoms. The molecular formula is C8H12N4O3. The maximum Gasteiger partial charge on any atom is 0.347 e. The van der Waals surface area contributed by atoms with Gasteiger partial charge < -0.3 is 25.6 Å². The van der Waals surface area contributed by atoms with Gasteiger partial charge in [0.1, 0.15) is 0 Å². The van der Waals surface area contributed by atoms with Crippen molar-refractivity contribution < 1.29 is 14.1 Å². The van der Waals surface area contributed by atoms with Gasteiger partial charge in [0.15, 0.2) is 11.4 Å². The standard InChI is InChI=1S/C8H12N4O3/c1-14-8(13)5-6(9)15-12-7(5)11-4-2-10-3-4/h4,10H,2-3,9H2,1H3,(H,11,12). The number of anilines is 2. The SMILES string of the molecule is COC(=O)c1c(NC2CNC2)noc1N. The van der Waals surface area contributed by atoms with Crippen molar-refractivity contribution in [1.29, 1.82) is 0 Å². The lowest BCUT2D eigenvalue weighted by atomic mass is 10.2. The molecule has 1 fully saturated rings. The van der Waals surface area contributed by atoms with Crippen LogP contribution in [0.4, 0.5) is 11.7 Å². The zero-order valence-corrected chi connectivity index (χ0v) is 8.24. The van der Waals surface area contributed by atoms with Gasteiger partial charge in [-0.1, -0.05) is 5.16 Å². The summed E-state index contributed by atoms with van der Waals surface area (Å²) in [6.45, 7) is 1.65. The van der Waals surface area contributed by atoms with Crippen LogP contribution < -0.4 is 16.4 Å². The Labute approximate surface area is 85.9 Å². The first-order valence-corrected chi connectivity index (χ1v) is 4.53. The van der Waals surface area contributed by atoms with E-state index in [1.807, 2.05) is 0 Å². The molecule has 0 bridgehead atoms. The van der Waals surface area contributed by atoms with Crippen LogP contribution in [0.2, 0.25) is 0 Å². The van der Waals surface area contributed by atoms with Gasteiger partial charge in [0.25, 0.3) is 0 Å². The molecule has 0 amide bonds. The van der Waals surface area contributed by atoms with Crippen molar-refractivity contribution in [3.8, 4) is 0 Å². The number of nitrogens with zero attached hydrogens (tertiary/aromatic N) is 1. The molecule has 1 saturated heterocycles. The van der Waals surface area contributed by atoms with Crippen molar-refractivity contribution in [2.45, 2.75) is 6.04 Å². The Kier molecular flexibility index (Phi) is 2.46. The number of esters is 1. The highest BCUT2D eigenvalue weighted by molar-refractivity contribution is 5.98. The summed E-state index contributed by atoms with van der Waals surface area (Å²) < 4.78 is 9.31. The van der Waals surface area contributed by atoms with Gasteiger partial charge in [0.05, 0.1) is 13.2 Å². The summed E-state index contributed by atoms with van der Waals surface area (Å²) >= 11 is 0. The summed E-state index contributed by atoms with van der Waals surface area (Å²) in [6, 6.07) is 0.248. The predicted molar refractivity (Wildman–Crippen MR) is 52.5 cm³/mol. The number of nitrogen functional groups attached to an aromatic ring is 1. The van der Waals surface area contributed by atoms with Gasteiger partial charge >= 0.3 is 5.97 Å². The normalized spacial score (nSPS) is 15.8. The Morgan fingerprint density at radius 3 is 3.00 bits per heavy atom. The Bertz CT molecular complexity index is 372. The van der Waals surface area contributed by atoms with Gasteiger partial charge in [0, 0.05) is 13.1 Å². The third-order valence-electron chi connectivity index (χ3n) is 2.23. The molecule has 0 saturated carbocycles. The summed E-state index contributed by atoms with van der Waals surface area (Å²) in [5, 5.41) is 9.78. The number of carbonyl (C=O) groups excluding carboxylic acids is 1. The zero-order chi connectivity index (χ0) is 10.8. The van der Waals surface area contributed by atoms with E-state index in [0.717, 1.165) is 13.1 Å². The molecule has 7 nitrogen and oxygen atoms in total. The Morgan fingerprint density at radius 2 is 2.47 bits per heavy atom. The summed E-state index contributed by atoms with van der Waals surface area (Å²) in [7, 11) is 1.28. The fraction of sp³-hybridized carbons (Fsp3) is 0.500. The van der Waals surface area contributed by atoms with Crippen molar-refractivity contribution in [1.82, 2.24) is 10.5 Å². The van der Waals surface area contributed by atoms with E-state index in [4.69, 9.17) is 10.3 Å². The molecule has 1 aliphatic heterocycles. The molecule has 82 valence electrons. The fourth-order valence-corrected chi connectivity index (χ4v) is 1.28. The smallest absolute Gasteiger partial charge is 0.347 e. The highest BCUT2D eigenvalue weighted by atomic mass is 16.5. The molecular weight excluding hydrogens is 200 g/mol. The first-order valence-electron chi connectivity index (χ1n) is 4.53. The van der Waals surface area contributed by atoms with Crippen LogP contribution in [0.5, 0.6) is 0 Å². The molecule has 4 N–H and O–H groups in total. The molecule has 7 heteroatoms. The van der Waals surface area contributed by atoms with Crippen molar-refractivity contribution in [2.24, 2.45) is 0 Å². The molecule has 0 aliphatic carbocycles. The second-order valence-electron chi connectivity index (χ2n) is 3.26. The van der Waals surface area contributed by atoms with Crippen LogP contribution in [-0.4, -0.2) is 37.4 Å². The molecule has 0 radical (unpaired) electrons. The number of ether oxygens (including phenoxy) is 1. The number of hydrogen-bond acceptors (Lipinski definition) is 7. The predicted octanol–water partition coefficient (Wildman–Crippen LogP) is -0.573. The molecule has 0 aromatic carbocycles. The van der Waals surface area contributed by atoms with E-state index in [1.165, 1.54) is 7.11 Å². The number of rotatable bonds is 3. The van der Waals surface area contributed by atoms with Crippen LogP contribution >= 0.6 is 0 Å². The summed E-state index contributed by atoms with van der Waals surface area (Å²) in [5.74, 6) is -0.244. The third kappa shape index (κ3) is 1.73. The molecule has 0 atom stereocenters. The lowest BCUT2D eigenvalue weighted by molar-refractivity contribution is 0.0602. The van der Waals surface area contributed by atoms with E-state index in [9.17, 15) is 4.79 Å². The number of aromatic nitrogens is 1. The first-order chi connectivity index (χ1) is 7.22. The quantitative estimate of drug-likeness (QED) is 0.576. The lowest BCUT2D eigenvalue weighted by Gasteiger charge is -2.27. The number of hydrogen-bond donors (Lipinski definition) is 3. The minimum absolute atomic E-state index is 0.0309. The number of methoxy groups -OCH3 is 1. The monoisotopic (exact) mass is 212 g/mol. The van der Waals surface area contributed by atoms with Crippen LogP contribution in [0.15, 0.2) is 4.52 Å². The van der Waals surface area contributed by atoms with Gasteiger partial charge in [-0.15, -0.1) is 0 Å². The van der Waals surface area contributed by atoms with Gasteiger partial charge in [-0.2, -0.15) is 0 Å². The molecule has 2 rings (SSSR count). The van der Waals surface area contributed by atoms with Crippen LogP contribution in [-0.2, 0) is 4.74 Å². The van der Waals surface area contributed by atoms with Crippen molar-refractivity contribution in [2.75, 3.05) is 31.2 Å². The number of nitrogens with two attached hydrogens (primary N) is 1. The topological polar surface area (TPSA) is 102 Å². The van der Waals surface area contributed by atoms with E-state index in [2.05, 4.69) is 20.5 Å². The maximum absolute atomic E-state index is 11.3. The van der Waals surface area contributed by atoms with Crippen LogP contribution in [0.1, 0.15) is 10.4 Å². The third-order valence-corrected chi connectivity index (χ3v) is 2.23. The molecule has 0 unspecified atom stereocenters. The van der Waals surface area contributed by atoms with Gasteiger partial charge in [0.2, 0.25) is 5.88 Å². The fourth-order valence-electron chi connectivity index (χ4n) is 1.28. The van der Waals surface area contributed by atoms with E-state index in [0.29, 0.717) is 5.82 Å². The lowest BCUT2D eigenvalue weighted by Crippen LogP contribution is -2.51. The first kappa shape index (κ1) is 9.78. The Balaban J connectivity index is 2.18. The minimum Gasteiger partial charge on any atom is -0.465 e. The number of nitrogens with one attached hydrogen (secondary N) is 2. The van der Waals surface area contributed by atoms with E-state index in [-0.39, 0.29) is 17.5 Å². The number of carbonyl (C=O) groups is 1. The maximum atomic E-state index is 11.3.